The molecule has 2 aromatic rings. The number of fused-ring (bicyclic) bond motifs is 1. The summed E-state index contributed by atoms with van der Waals surface area (Å²) in [5.41, 5.74) is 2.28. The zero-order valence-corrected chi connectivity index (χ0v) is 5.81. The second kappa shape index (κ2) is 1.87. The Morgan fingerprint density at radius 3 is 3.20 bits per heavy atom. The average Bonchev–Trinajstić information content (AvgIpc) is 2.27. The summed E-state index contributed by atoms with van der Waals surface area (Å²) in [6.07, 6.45) is 0.477. The van der Waals surface area contributed by atoms with Crippen molar-refractivity contribution in [2.24, 2.45) is 0 Å². The van der Waals surface area contributed by atoms with Gasteiger partial charge in [0.15, 0.2) is 0 Å². The van der Waals surface area contributed by atoms with Gasteiger partial charge in [-0.25, -0.2) is 0 Å². The minimum absolute atomic E-state index is 0.477. The maximum absolute atomic E-state index is 7.34. The lowest BCUT2D eigenvalue weighted by Crippen LogP contribution is -1.69. The summed E-state index contributed by atoms with van der Waals surface area (Å²) < 4.78 is 7.34. The molecule has 1 N–H and O–H groups in total. The Balaban J connectivity index is 2.82. The number of rotatable bonds is 0. The molecule has 0 saturated carbocycles. The molecule has 1 aromatic carbocycles. The van der Waals surface area contributed by atoms with E-state index in [2.05, 4.69) is 18.0 Å². The smallest absolute Gasteiger partial charge is 0.0816 e. The molecule has 1 heteroatoms. The van der Waals surface area contributed by atoms with E-state index >= 15 is 0 Å². The molecular weight excluding hydrogens is 122 g/mol. The minimum atomic E-state index is 0.477. The summed E-state index contributed by atoms with van der Waals surface area (Å²) in [5, 5.41) is 1.12. The van der Waals surface area contributed by atoms with Crippen molar-refractivity contribution in [1.29, 1.82) is 0 Å². The first-order chi connectivity index (χ1) is 5.25. The number of aromatic amines is 1. The van der Waals surface area contributed by atoms with Crippen LogP contribution in [0.25, 0.3) is 10.9 Å². The fourth-order valence-corrected chi connectivity index (χ4v) is 1.11. The summed E-state index contributed by atoms with van der Waals surface area (Å²) in [7, 11) is 0. The molecule has 10 heavy (non-hydrogen) atoms. The van der Waals surface area contributed by atoms with Crippen LogP contribution in [0.2, 0.25) is 0 Å². The third-order valence-electron chi connectivity index (χ3n) is 1.64. The summed E-state index contributed by atoms with van der Waals surface area (Å²) >= 11 is 0. The average molecular weight is 132 g/mol. The lowest BCUT2D eigenvalue weighted by Gasteiger charge is -1.90. The Kier molecular flexibility index (Phi) is 0.853. The van der Waals surface area contributed by atoms with E-state index in [9.17, 15) is 0 Å². The second-order valence-electron chi connectivity index (χ2n) is 2.50. The van der Waals surface area contributed by atoms with Gasteiger partial charge < -0.3 is 4.98 Å². The molecule has 0 bridgehead atoms. The van der Waals surface area contributed by atoms with Crippen LogP contribution in [0.1, 0.15) is 6.93 Å². The number of hydrogen-bond acceptors (Lipinski definition) is 0. The van der Waals surface area contributed by atoms with Crippen molar-refractivity contribution in [3.8, 4) is 0 Å². The SMILES string of the molecule is [2H]c1cc2cc(C)ccc2[nH]1. The molecule has 0 fully saturated rings. The molecule has 0 radical (unpaired) electrons. The molecule has 1 nitrogen and oxygen atoms in total. The predicted molar refractivity (Wildman–Crippen MR) is 43.0 cm³/mol. The molecule has 50 valence electrons. The van der Waals surface area contributed by atoms with Gasteiger partial charge in [-0.2, -0.15) is 0 Å². The van der Waals surface area contributed by atoms with Gasteiger partial charge in [0.1, 0.15) is 0 Å². The maximum Gasteiger partial charge on any atom is 0.0816 e. The normalized spacial score (nSPS) is 11.9. The standard InChI is InChI=1S/C9H9N/c1-7-2-3-9-8(6-7)4-5-10-9/h2-6,10H,1H3/i5D. The first-order valence-corrected chi connectivity index (χ1v) is 3.32. The molecule has 0 aliphatic rings. The molecule has 2 rings (SSSR count). The van der Waals surface area contributed by atoms with E-state index in [0.717, 1.165) is 10.9 Å². The van der Waals surface area contributed by atoms with Gasteiger partial charge in [0.25, 0.3) is 0 Å². The van der Waals surface area contributed by atoms with Crippen LogP contribution in [0.3, 0.4) is 0 Å². The van der Waals surface area contributed by atoms with Crippen LogP contribution in [0.5, 0.6) is 0 Å². The van der Waals surface area contributed by atoms with E-state index in [-0.39, 0.29) is 0 Å². The van der Waals surface area contributed by atoms with Crippen LogP contribution >= 0.6 is 0 Å². The third-order valence-corrected chi connectivity index (χ3v) is 1.64. The zero-order chi connectivity index (χ0) is 7.84. The van der Waals surface area contributed by atoms with Gasteiger partial charge in [0, 0.05) is 11.7 Å². The van der Waals surface area contributed by atoms with Crippen molar-refractivity contribution in [1.82, 2.24) is 4.98 Å². The minimum Gasteiger partial charge on any atom is -0.361 e. The molecule has 0 spiro atoms. The number of benzene rings is 1. The lowest BCUT2D eigenvalue weighted by molar-refractivity contribution is 1.46. The highest BCUT2D eigenvalue weighted by atomic mass is 14.7. The molecule has 0 unspecified atom stereocenters. The molecule has 0 amide bonds. The van der Waals surface area contributed by atoms with Gasteiger partial charge in [-0.15, -0.1) is 0 Å². The second-order valence-corrected chi connectivity index (χ2v) is 2.50. The molecule has 1 aromatic heterocycles. The number of aryl methyl sites for hydroxylation is 1. The Morgan fingerprint density at radius 1 is 1.40 bits per heavy atom. The number of H-pyrrole nitrogens is 1. The predicted octanol–water partition coefficient (Wildman–Crippen LogP) is 2.48. The van der Waals surface area contributed by atoms with E-state index in [0.29, 0.717) is 6.17 Å². The highest BCUT2D eigenvalue weighted by Crippen LogP contribution is 2.12. The van der Waals surface area contributed by atoms with Crippen LogP contribution in [0.4, 0.5) is 0 Å². The first kappa shape index (κ1) is 4.56. The van der Waals surface area contributed by atoms with Gasteiger partial charge in [0.2, 0.25) is 0 Å². The zero-order valence-electron chi connectivity index (χ0n) is 6.81. The van der Waals surface area contributed by atoms with Crippen molar-refractivity contribution in [2.75, 3.05) is 0 Å². The van der Waals surface area contributed by atoms with Gasteiger partial charge in [-0.3, -0.25) is 0 Å². The molecule has 0 aliphatic carbocycles. The van der Waals surface area contributed by atoms with Crippen molar-refractivity contribution in [2.45, 2.75) is 6.92 Å². The Morgan fingerprint density at radius 2 is 2.30 bits per heavy atom. The van der Waals surface area contributed by atoms with Crippen LogP contribution in [-0.2, 0) is 0 Å². The fourth-order valence-electron chi connectivity index (χ4n) is 1.11. The Hall–Kier alpha value is -1.24. The monoisotopic (exact) mass is 132 g/mol. The quantitative estimate of drug-likeness (QED) is 0.566. The summed E-state index contributed by atoms with van der Waals surface area (Å²) in [4.78, 5) is 2.95. The summed E-state index contributed by atoms with van der Waals surface area (Å²) in [6, 6.07) is 7.95. The highest BCUT2D eigenvalue weighted by molar-refractivity contribution is 5.79. The molecule has 1 heterocycles. The number of hydrogen-bond donors (Lipinski definition) is 1. The van der Waals surface area contributed by atoms with Gasteiger partial charge >= 0.3 is 0 Å². The van der Waals surface area contributed by atoms with E-state index < -0.39 is 0 Å². The third kappa shape index (κ3) is 0.711. The highest BCUT2D eigenvalue weighted by Gasteiger charge is 1.90. The van der Waals surface area contributed by atoms with Crippen LogP contribution in [0.15, 0.2) is 30.4 Å². The summed E-state index contributed by atoms with van der Waals surface area (Å²) in [5.74, 6) is 0. The van der Waals surface area contributed by atoms with Crippen LogP contribution in [0, 0.1) is 6.92 Å². The van der Waals surface area contributed by atoms with E-state index in [1.165, 1.54) is 5.56 Å². The van der Waals surface area contributed by atoms with E-state index in [4.69, 9.17) is 1.37 Å². The molecule has 0 saturated heterocycles. The lowest BCUT2D eigenvalue weighted by atomic mass is 10.2. The topological polar surface area (TPSA) is 15.8 Å². The Labute approximate surface area is 61.1 Å². The Bertz CT molecular complexity index is 389. The van der Waals surface area contributed by atoms with Gasteiger partial charge in [-0.05, 0) is 30.5 Å². The van der Waals surface area contributed by atoms with Crippen LogP contribution in [-0.4, -0.2) is 4.98 Å². The molecule has 0 atom stereocenters. The van der Waals surface area contributed by atoms with Crippen molar-refractivity contribution in [3.05, 3.63) is 36.0 Å². The largest absolute Gasteiger partial charge is 0.361 e. The van der Waals surface area contributed by atoms with Crippen LogP contribution < -0.4 is 0 Å². The van der Waals surface area contributed by atoms with E-state index in [1.54, 1.807) is 0 Å². The van der Waals surface area contributed by atoms with Crippen molar-refractivity contribution >= 4 is 10.9 Å². The van der Waals surface area contributed by atoms with Crippen molar-refractivity contribution < 1.29 is 1.37 Å². The molecule has 0 aliphatic heterocycles. The summed E-state index contributed by atoms with van der Waals surface area (Å²) in [6.45, 7) is 2.05. The fraction of sp³-hybridized carbons (Fsp3) is 0.111. The van der Waals surface area contributed by atoms with Crippen molar-refractivity contribution in [3.63, 3.8) is 0 Å². The number of nitrogens with one attached hydrogen (secondary N) is 1. The first-order valence-electron chi connectivity index (χ1n) is 3.82. The van der Waals surface area contributed by atoms with E-state index in [1.807, 2.05) is 18.2 Å². The maximum atomic E-state index is 7.34. The molecular formula is C9H9N. The number of aromatic nitrogens is 1. The van der Waals surface area contributed by atoms with Gasteiger partial charge in [0.05, 0.1) is 1.37 Å². The van der Waals surface area contributed by atoms with Gasteiger partial charge in [-0.1, -0.05) is 11.6 Å².